The third-order valence-corrected chi connectivity index (χ3v) is 12.3. The Balaban J connectivity index is 1.17. The third kappa shape index (κ3) is 5.73. The van der Waals surface area contributed by atoms with Crippen molar-refractivity contribution in [1.29, 1.82) is 0 Å². The maximum Gasteiger partial charge on any atom is 0.238 e. The van der Waals surface area contributed by atoms with Crippen LogP contribution in [0.2, 0.25) is 0 Å². The molecule has 294 valence electrons. The van der Waals surface area contributed by atoms with Gasteiger partial charge in [-0.15, -0.1) is 11.3 Å². The molecular weight excluding hydrogens is 789 g/mol. The van der Waals surface area contributed by atoms with Crippen LogP contribution in [0.25, 0.3) is 126 Å². The summed E-state index contributed by atoms with van der Waals surface area (Å²) < 4.78 is 146. The summed E-state index contributed by atoms with van der Waals surface area (Å²) in [4.78, 5) is 14.9. The fourth-order valence-corrected chi connectivity index (χ4v) is 9.69. The number of nitrogens with zero attached hydrogens (tertiary/aromatic N) is 4. The zero-order valence-electron chi connectivity index (χ0n) is 47.6. The minimum absolute atomic E-state index is 0.0229. The molecule has 0 atom stereocenters. The fourth-order valence-electron chi connectivity index (χ4n) is 8.41. The summed E-state index contributed by atoms with van der Waals surface area (Å²) in [5.74, 6) is -0.844. The first-order valence-electron chi connectivity index (χ1n) is 27.4. The number of hydrogen-bond donors (Lipinski definition) is 0. The molecule has 0 aliphatic rings. The van der Waals surface area contributed by atoms with Crippen molar-refractivity contribution in [3.8, 4) is 62.1 Å². The molecule has 9 aromatic carbocycles. The predicted octanol–water partition coefficient (Wildman–Crippen LogP) is 15.6. The van der Waals surface area contributed by atoms with Crippen molar-refractivity contribution >= 4 is 75.3 Å². The summed E-state index contributed by atoms with van der Waals surface area (Å²) >= 11 is 1.62. The topological polar surface area (TPSA) is 56.7 Å². The van der Waals surface area contributed by atoms with E-state index in [9.17, 15) is 6.85 Å². The lowest BCUT2D eigenvalue weighted by molar-refractivity contribution is 0.669. The Labute approximate surface area is 386 Å². The minimum Gasteiger partial charge on any atom is -0.456 e. The Morgan fingerprint density at radius 3 is 1.95 bits per heavy atom. The molecule has 0 saturated carbocycles. The van der Waals surface area contributed by atoms with E-state index in [0.717, 1.165) is 42.1 Å². The van der Waals surface area contributed by atoms with Crippen LogP contribution in [0.15, 0.2) is 210 Å². The molecule has 0 unspecified atom stereocenters. The van der Waals surface area contributed by atoms with E-state index in [1.54, 1.807) is 46.2 Å². The lowest BCUT2D eigenvalue weighted by Gasteiger charge is -2.13. The second-order valence-corrected chi connectivity index (χ2v) is 15.8. The quantitative estimate of drug-likeness (QED) is 0.167. The van der Waals surface area contributed by atoms with Gasteiger partial charge < -0.3 is 4.42 Å². The number of furan rings is 1. The Bertz CT molecular complexity index is 4780. The summed E-state index contributed by atoms with van der Waals surface area (Å²) in [6, 6.07) is 26.8. The zero-order chi connectivity index (χ0) is 54.5. The van der Waals surface area contributed by atoms with Gasteiger partial charge in [-0.05, 0) is 75.7 Å². The lowest BCUT2D eigenvalue weighted by Crippen LogP contribution is -2.06. The molecule has 0 aliphatic carbocycles. The van der Waals surface area contributed by atoms with Crippen molar-refractivity contribution in [3.63, 3.8) is 0 Å². The molecule has 63 heavy (non-hydrogen) atoms. The summed E-state index contributed by atoms with van der Waals surface area (Å²) in [5, 5.41) is 3.15. The molecule has 0 N–H and O–H groups in total. The fraction of sp³-hybridized carbons (Fsp3) is 0. The molecule has 0 bridgehead atoms. The Morgan fingerprint density at radius 1 is 0.444 bits per heavy atom. The van der Waals surface area contributed by atoms with Gasteiger partial charge in [0.2, 0.25) is 5.95 Å². The normalized spacial score (nSPS) is 15.1. The molecule has 0 saturated heterocycles. The van der Waals surface area contributed by atoms with E-state index < -0.39 is 112 Å². The number of para-hydroxylation sites is 1. The van der Waals surface area contributed by atoms with Crippen LogP contribution in [0, 0.1) is 0 Å². The van der Waals surface area contributed by atoms with Gasteiger partial charge >= 0.3 is 0 Å². The van der Waals surface area contributed by atoms with Crippen LogP contribution in [-0.2, 0) is 0 Å². The van der Waals surface area contributed by atoms with Gasteiger partial charge in [0, 0.05) is 52.8 Å². The van der Waals surface area contributed by atoms with E-state index in [4.69, 9.17) is 33.1 Å². The average molecular weight is 838 g/mol. The Kier molecular flexibility index (Phi) is 5.34. The van der Waals surface area contributed by atoms with Gasteiger partial charge in [0.25, 0.3) is 0 Å². The number of benzene rings is 9. The van der Waals surface area contributed by atoms with Crippen LogP contribution in [0.4, 0.5) is 0 Å². The molecule has 5 nitrogen and oxygen atoms in total. The van der Waals surface area contributed by atoms with E-state index in [1.165, 1.54) is 0 Å². The van der Waals surface area contributed by atoms with Gasteiger partial charge in [0.1, 0.15) is 11.2 Å². The van der Waals surface area contributed by atoms with Gasteiger partial charge in [-0.3, -0.25) is 4.57 Å². The molecule has 4 aromatic heterocycles. The number of thiophene rings is 1. The van der Waals surface area contributed by atoms with E-state index in [-0.39, 0.29) is 45.8 Å². The molecule has 0 spiro atoms. The maximum atomic E-state index is 9.88. The van der Waals surface area contributed by atoms with Gasteiger partial charge in [0.05, 0.1) is 31.6 Å². The highest BCUT2D eigenvalue weighted by atomic mass is 32.1. The van der Waals surface area contributed by atoms with Crippen LogP contribution in [0.5, 0.6) is 0 Å². The van der Waals surface area contributed by atoms with Crippen molar-refractivity contribution in [3.05, 3.63) is 206 Å². The van der Waals surface area contributed by atoms with Gasteiger partial charge in [0.15, 0.2) is 11.6 Å². The maximum absolute atomic E-state index is 9.88. The first-order chi connectivity index (χ1) is 37.5. The van der Waals surface area contributed by atoms with Crippen LogP contribution in [0.1, 0.15) is 20.6 Å². The first-order valence-corrected chi connectivity index (χ1v) is 20.7. The van der Waals surface area contributed by atoms with Crippen molar-refractivity contribution in [2.24, 2.45) is 0 Å². The van der Waals surface area contributed by atoms with Crippen LogP contribution in [0.3, 0.4) is 0 Å². The molecule has 13 aromatic rings. The first kappa shape index (κ1) is 23.7. The molecule has 13 rings (SSSR count). The van der Waals surface area contributed by atoms with Crippen LogP contribution in [-0.4, -0.2) is 19.5 Å². The molecule has 0 amide bonds. The van der Waals surface area contributed by atoms with Crippen LogP contribution < -0.4 is 0 Å². The van der Waals surface area contributed by atoms with Crippen molar-refractivity contribution in [2.75, 3.05) is 0 Å². The summed E-state index contributed by atoms with van der Waals surface area (Å²) in [5.41, 5.74) is 1.03. The second kappa shape index (κ2) is 14.2. The van der Waals surface area contributed by atoms with Gasteiger partial charge in [-0.25, -0.2) is 4.98 Å². The number of aromatic nitrogens is 4. The minimum atomic E-state index is -0.741. The number of fused-ring (bicyclic) bond motifs is 10. The Morgan fingerprint density at radius 2 is 1.13 bits per heavy atom. The highest BCUT2D eigenvalue weighted by Crippen LogP contribution is 2.48. The highest BCUT2D eigenvalue weighted by molar-refractivity contribution is 7.27. The van der Waals surface area contributed by atoms with Gasteiger partial charge in [-0.1, -0.05) is 164 Å². The summed E-state index contributed by atoms with van der Waals surface area (Å²) in [6.07, 6.45) is 0. The van der Waals surface area contributed by atoms with Crippen molar-refractivity contribution in [2.45, 2.75) is 0 Å². The summed E-state index contributed by atoms with van der Waals surface area (Å²) in [6.45, 7) is 0. The van der Waals surface area contributed by atoms with E-state index >= 15 is 0 Å². The number of hydrogen-bond acceptors (Lipinski definition) is 5. The Hall–Kier alpha value is -8.19. The average Bonchev–Trinajstić information content (AvgIpc) is 4.36. The van der Waals surface area contributed by atoms with Crippen molar-refractivity contribution < 1.29 is 25.0 Å². The molecule has 4 heterocycles. The van der Waals surface area contributed by atoms with E-state index in [0.29, 0.717) is 16.6 Å². The molecular formula is C57H34N4OS. The van der Waals surface area contributed by atoms with E-state index in [2.05, 4.69) is 12.1 Å². The lowest BCUT2D eigenvalue weighted by atomic mass is 9.97. The highest BCUT2D eigenvalue weighted by Gasteiger charge is 2.24. The monoisotopic (exact) mass is 837 g/mol. The van der Waals surface area contributed by atoms with E-state index in [1.807, 2.05) is 72.8 Å². The smallest absolute Gasteiger partial charge is 0.238 e. The summed E-state index contributed by atoms with van der Waals surface area (Å²) in [7, 11) is 0. The molecule has 0 radical (unpaired) electrons. The molecule has 0 fully saturated rings. The predicted molar refractivity (Wildman–Crippen MR) is 262 cm³/mol. The van der Waals surface area contributed by atoms with Crippen molar-refractivity contribution in [1.82, 2.24) is 19.5 Å². The molecule has 6 heteroatoms. The third-order valence-electron chi connectivity index (χ3n) is 11.2. The standard InChI is InChI=1S/C57H34N4OS/c1-4-16-35(17-5-1)38-22-14-23-39(32-38)55-58-56(40-30-31-43-49(33-40)62-48-28-15-26-41(51(43)48)36-18-6-2-7-19-36)60-57(59-55)61-46-27-12-10-24-42(46)53-47(61)34-45(37-20-8-3-9-21-37)52-44-25-11-13-29-50(44)63-54(52)53/h1-34H/i2D,6D,7D,14D,15D,18D,19D,22D,23D,26D,28D,30D,31D,32D,33D. The van der Waals surface area contributed by atoms with Crippen LogP contribution >= 0.6 is 11.3 Å². The number of rotatable bonds is 6. The zero-order valence-corrected chi connectivity index (χ0v) is 33.4. The second-order valence-electron chi connectivity index (χ2n) is 14.7. The SMILES string of the molecule is [2H]c1c([2H])c([2H])c(-c2c([2H])c([2H])c([2H])c3oc4c([2H])c(-c5nc(-c6c([2H])c([2H])c([2H])c(-c7ccccc7)c6[2H])nc(-n6c7ccccc7c7c8sc9ccccc9c8c(-c8ccccc8)cc76)n5)c([2H])c([2H])c4c23)c([2H])c1[2H]. The largest absolute Gasteiger partial charge is 0.456 e. The van der Waals surface area contributed by atoms with Gasteiger partial charge in [-0.2, -0.15) is 9.97 Å². The molecule has 0 aliphatic heterocycles.